The van der Waals surface area contributed by atoms with Crippen molar-refractivity contribution in [1.82, 2.24) is 20.3 Å². The van der Waals surface area contributed by atoms with Crippen LogP contribution in [-0.4, -0.2) is 60.0 Å². The zero-order valence-electron chi connectivity index (χ0n) is 21.9. The van der Waals surface area contributed by atoms with Gasteiger partial charge in [-0.25, -0.2) is 13.8 Å². The van der Waals surface area contributed by atoms with Crippen molar-refractivity contribution in [2.75, 3.05) is 43.9 Å². The average molecular weight is 569 g/mol. The van der Waals surface area contributed by atoms with Crippen LogP contribution in [-0.2, 0) is 10.9 Å². The number of hydrogen-bond acceptors (Lipinski definition) is 9. The van der Waals surface area contributed by atoms with E-state index in [1.807, 2.05) is 0 Å². The van der Waals surface area contributed by atoms with Gasteiger partial charge in [-0.2, -0.15) is 23.1 Å². The SMILES string of the molecule is Cc1c(F)c(N)cc(-c2nc3c4c(nc(OC5CCOCC5)nc4c2F)NCCNCCC(C)O3)c1C(F)(F)F. The highest BCUT2D eigenvalue weighted by Crippen LogP contribution is 2.44. The number of halogens is 5. The van der Waals surface area contributed by atoms with E-state index in [4.69, 9.17) is 19.9 Å². The average Bonchev–Trinajstić information content (AvgIpc) is 2.93. The van der Waals surface area contributed by atoms with Gasteiger partial charge in [0.25, 0.3) is 0 Å². The van der Waals surface area contributed by atoms with Gasteiger partial charge in [0.1, 0.15) is 34.3 Å². The molecule has 5 rings (SSSR count). The van der Waals surface area contributed by atoms with Gasteiger partial charge < -0.3 is 30.6 Å². The molecule has 216 valence electrons. The summed E-state index contributed by atoms with van der Waals surface area (Å²) in [6.45, 7) is 5.17. The normalized spacial score (nSPS) is 19.0. The van der Waals surface area contributed by atoms with E-state index in [9.17, 15) is 17.6 Å². The zero-order chi connectivity index (χ0) is 28.6. The van der Waals surface area contributed by atoms with Gasteiger partial charge in [-0.15, -0.1) is 0 Å². The van der Waals surface area contributed by atoms with Gasteiger partial charge in [-0.3, -0.25) is 0 Å². The van der Waals surface area contributed by atoms with Gasteiger partial charge in [0.2, 0.25) is 5.88 Å². The molecule has 9 nitrogen and oxygen atoms in total. The van der Waals surface area contributed by atoms with Crippen molar-refractivity contribution in [2.24, 2.45) is 0 Å². The first kappa shape index (κ1) is 28.0. The Morgan fingerprint density at radius 1 is 1.02 bits per heavy atom. The Hall–Kier alpha value is -3.52. The molecule has 0 saturated carbocycles. The molecule has 0 aliphatic carbocycles. The Kier molecular flexibility index (Phi) is 7.82. The van der Waals surface area contributed by atoms with Crippen LogP contribution in [0.3, 0.4) is 0 Å². The van der Waals surface area contributed by atoms with Gasteiger partial charge in [0.05, 0.1) is 30.6 Å². The van der Waals surface area contributed by atoms with Gasteiger partial charge >= 0.3 is 12.2 Å². The van der Waals surface area contributed by atoms with Crippen LogP contribution in [0.15, 0.2) is 6.07 Å². The van der Waals surface area contributed by atoms with Crippen LogP contribution in [0.2, 0.25) is 0 Å². The summed E-state index contributed by atoms with van der Waals surface area (Å²) in [5, 5.41) is 6.40. The number of anilines is 2. The van der Waals surface area contributed by atoms with Crippen LogP contribution in [0.1, 0.15) is 37.3 Å². The number of nitrogens with two attached hydrogens (primary N) is 1. The highest BCUT2D eigenvalue weighted by atomic mass is 19.4. The fourth-order valence-corrected chi connectivity index (χ4v) is 4.83. The minimum Gasteiger partial charge on any atom is -0.474 e. The number of ether oxygens (including phenoxy) is 3. The maximum atomic E-state index is 16.3. The maximum absolute atomic E-state index is 16.3. The Morgan fingerprint density at radius 2 is 1.77 bits per heavy atom. The molecule has 1 saturated heterocycles. The Balaban J connectivity index is 1.78. The molecule has 40 heavy (non-hydrogen) atoms. The first-order valence-electron chi connectivity index (χ1n) is 13.0. The lowest BCUT2D eigenvalue weighted by Crippen LogP contribution is -2.27. The van der Waals surface area contributed by atoms with Gasteiger partial charge in [-0.05, 0) is 38.4 Å². The number of nitrogens with zero attached hydrogens (tertiary/aromatic N) is 3. The molecule has 2 aliphatic heterocycles. The smallest absolute Gasteiger partial charge is 0.417 e. The molecule has 4 heterocycles. The Labute approximate surface area is 226 Å². The summed E-state index contributed by atoms with van der Waals surface area (Å²) in [5.41, 5.74) is 1.14. The number of hydrogen-bond donors (Lipinski definition) is 3. The van der Waals surface area contributed by atoms with Crippen LogP contribution in [0, 0.1) is 18.6 Å². The monoisotopic (exact) mass is 568 g/mol. The van der Waals surface area contributed by atoms with Crippen LogP contribution in [0.25, 0.3) is 22.2 Å². The molecular weight excluding hydrogens is 539 g/mol. The molecule has 1 fully saturated rings. The molecule has 0 spiro atoms. The van der Waals surface area contributed by atoms with Crippen molar-refractivity contribution in [3.8, 4) is 23.1 Å². The molecular formula is C26H29F5N6O3. The van der Waals surface area contributed by atoms with Crippen molar-refractivity contribution in [1.29, 1.82) is 0 Å². The minimum absolute atomic E-state index is 0.0506. The van der Waals surface area contributed by atoms with Gasteiger partial charge in [0, 0.05) is 31.5 Å². The third-order valence-electron chi connectivity index (χ3n) is 6.87. The van der Waals surface area contributed by atoms with Crippen LogP contribution < -0.4 is 25.8 Å². The summed E-state index contributed by atoms with van der Waals surface area (Å²) < 4.78 is 90.8. The van der Waals surface area contributed by atoms with E-state index < -0.39 is 52.0 Å². The highest BCUT2D eigenvalue weighted by Gasteiger charge is 2.39. The number of aromatic nitrogens is 3. The third kappa shape index (κ3) is 5.55. The first-order chi connectivity index (χ1) is 19.0. The van der Waals surface area contributed by atoms with E-state index in [0.717, 1.165) is 13.0 Å². The van der Waals surface area contributed by atoms with E-state index in [1.165, 1.54) is 0 Å². The lowest BCUT2D eigenvalue weighted by Gasteiger charge is -2.23. The number of nitrogen functional groups attached to an aromatic ring is 1. The number of pyridine rings is 1. The Bertz CT molecular complexity index is 1410. The summed E-state index contributed by atoms with van der Waals surface area (Å²) in [5.74, 6) is -2.44. The largest absolute Gasteiger partial charge is 0.474 e. The van der Waals surface area contributed by atoms with Gasteiger partial charge in [-0.1, -0.05) is 0 Å². The standard InChI is InChI=1S/C26H29F5N6O3/c1-12-3-6-33-7-8-34-23-17-22(36-25(37-23)40-14-4-9-38-10-5-14)20(28)21(35-24(17)39-12)15-11-16(32)19(27)13(2)18(15)26(29,30)31/h11-12,14,33H,3-10,32H2,1-2H3,(H,34,36,37). The predicted octanol–water partition coefficient (Wildman–Crippen LogP) is 4.61. The lowest BCUT2D eigenvalue weighted by molar-refractivity contribution is -0.137. The van der Waals surface area contributed by atoms with Crippen molar-refractivity contribution in [2.45, 2.75) is 51.5 Å². The molecule has 0 amide bonds. The summed E-state index contributed by atoms with van der Waals surface area (Å²) in [7, 11) is 0. The van der Waals surface area contributed by atoms with E-state index >= 15 is 4.39 Å². The molecule has 0 bridgehead atoms. The van der Waals surface area contributed by atoms with Crippen LogP contribution in [0.5, 0.6) is 11.9 Å². The number of nitrogens with one attached hydrogen (secondary N) is 2. The molecule has 0 radical (unpaired) electrons. The molecule has 14 heteroatoms. The molecule has 4 N–H and O–H groups in total. The molecule has 1 atom stereocenters. The number of rotatable bonds is 3. The second-order valence-corrected chi connectivity index (χ2v) is 9.81. The van der Waals surface area contributed by atoms with Crippen molar-refractivity contribution in [3.05, 3.63) is 28.8 Å². The lowest BCUT2D eigenvalue weighted by atomic mass is 9.96. The maximum Gasteiger partial charge on any atom is 0.417 e. The summed E-state index contributed by atoms with van der Waals surface area (Å²) in [6, 6.07) is 0.568. The second kappa shape index (κ2) is 11.2. The molecule has 3 aromatic rings. The summed E-state index contributed by atoms with van der Waals surface area (Å²) >= 11 is 0. The van der Waals surface area contributed by atoms with E-state index in [2.05, 4.69) is 25.6 Å². The van der Waals surface area contributed by atoms with E-state index in [0.29, 0.717) is 52.1 Å². The molecule has 2 aromatic heterocycles. The minimum atomic E-state index is -5.04. The quantitative estimate of drug-likeness (QED) is 0.308. The van der Waals surface area contributed by atoms with Crippen LogP contribution in [0.4, 0.5) is 33.5 Å². The number of alkyl halides is 3. The predicted molar refractivity (Wildman–Crippen MR) is 137 cm³/mol. The highest BCUT2D eigenvalue weighted by molar-refractivity contribution is 5.96. The van der Waals surface area contributed by atoms with Crippen molar-refractivity contribution in [3.63, 3.8) is 0 Å². The topological polar surface area (TPSA) is 116 Å². The van der Waals surface area contributed by atoms with Crippen molar-refractivity contribution >= 4 is 22.4 Å². The molecule has 1 aromatic carbocycles. The Morgan fingerprint density at radius 3 is 2.50 bits per heavy atom. The summed E-state index contributed by atoms with van der Waals surface area (Å²) in [6.07, 6.45) is -4.12. The van der Waals surface area contributed by atoms with E-state index in [-0.39, 0.29) is 34.7 Å². The van der Waals surface area contributed by atoms with Gasteiger partial charge in [0.15, 0.2) is 5.82 Å². The fraction of sp³-hybridized carbons (Fsp3) is 0.500. The zero-order valence-corrected chi connectivity index (χ0v) is 21.9. The summed E-state index contributed by atoms with van der Waals surface area (Å²) in [4.78, 5) is 12.9. The number of benzene rings is 1. The molecule has 1 unspecified atom stereocenters. The first-order valence-corrected chi connectivity index (χ1v) is 13.0. The third-order valence-corrected chi connectivity index (χ3v) is 6.87. The second-order valence-electron chi connectivity index (χ2n) is 9.81. The van der Waals surface area contributed by atoms with Crippen molar-refractivity contribution < 1.29 is 36.2 Å². The van der Waals surface area contributed by atoms with Crippen LogP contribution >= 0.6 is 0 Å². The molecule has 2 aliphatic rings. The fourth-order valence-electron chi connectivity index (χ4n) is 4.83. The van der Waals surface area contributed by atoms with E-state index in [1.54, 1.807) is 6.92 Å².